The topological polar surface area (TPSA) is 61.9 Å². The predicted octanol–water partition coefficient (Wildman–Crippen LogP) is 3.09. The van der Waals surface area contributed by atoms with E-state index in [0.29, 0.717) is 17.0 Å². The van der Waals surface area contributed by atoms with Gasteiger partial charge in [-0.1, -0.05) is 12.1 Å². The van der Waals surface area contributed by atoms with E-state index in [1.54, 1.807) is 24.1 Å². The van der Waals surface area contributed by atoms with Crippen molar-refractivity contribution in [1.29, 1.82) is 5.26 Å². The number of nitrogens with zero attached hydrogens (tertiary/aromatic N) is 4. The second kappa shape index (κ2) is 5.86. The van der Waals surface area contributed by atoms with Gasteiger partial charge in [-0.3, -0.25) is 9.48 Å². The Morgan fingerprint density at radius 2 is 2.09 bits per heavy atom. The lowest BCUT2D eigenvalue weighted by Gasteiger charge is -2.16. The molecule has 0 spiro atoms. The van der Waals surface area contributed by atoms with E-state index in [1.165, 1.54) is 11.3 Å². The van der Waals surface area contributed by atoms with Crippen LogP contribution in [0.25, 0.3) is 10.2 Å². The van der Waals surface area contributed by atoms with Crippen molar-refractivity contribution in [2.24, 2.45) is 7.05 Å². The molecule has 23 heavy (non-hydrogen) atoms. The van der Waals surface area contributed by atoms with E-state index < -0.39 is 0 Å². The van der Waals surface area contributed by atoms with E-state index in [0.717, 1.165) is 21.5 Å². The fourth-order valence-corrected chi connectivity index (χ4v) is 3.65. The zero-order valence-electron chi connectivity index (χ0n) is 13.2. The Morgan fingerprint density at radius 1 is 1.39 bits per heavy atom. The summed E-state index contributed by atoms with van der Waals surface area (Å²) in [5.74, 6) is -0.00467. The number of benzene rings is 1. The van der Waals surface area contributed by atoms with Crippen LogP contribution < -0.4 is 0 Å². The molecule has 0 bridgehead atoms. The lowest BCUT2D eigenvalue weighted by atomic mass is 10.1. The monoisotopic (exact) mass is 324 g/mol. The molecule has 0 saturated carbocycles. The van der Waals surface area contributed by atoms with E-state index in [-0.39, 0.29) is 5.91 Å². The molecule has 116 valence electrons. The molecule has 0 radical (unpaired) electrons. The molecule has 0 aliphatic carbocycles. The van der Waals surface area contributed by atoms with Gasteiger partial charge in [0.05, 0.1) is 22.2 Å². The van der Waals surface area contributed by atoms with Gasteiger partial charge >= 0.3 is 0 Å². The van der Waals surface area contributed by atoms with Gasteiger partial charge in [-0.2, -0.15) is 10.4 Å². The number of carbonyl (C=O) groups excluding carboxylic acids is 1. The molecule has 0 fully saturated rings. The first kappa shape index (κ1) is 15.3. The maximum absolute atomic E-state index is 12.6. The second-order valence-electron chi connectivity index (χ2n) is 5.51. The Bertz CT molecular complexity index is 880. The first-order valence-electron chi connectivity index (χ1n) is 7.17. The predicted molar refractivity (Wildman–Crippen MR) is 90.3 cm³/mol. The Labute approximate surface area is 138 Å². The summed E-state index contributed by atoms with van der Waals surface area (Å²) >= 11 is 1.46. The largest absolute Gasteiger partial charge is 0.337 e. The zero-order chi connectivity index (χ0) is 16.6. The highest BCUT2D eigenvalue weighted by molar-refractivity contribution is 7.20. The third-order valence-corrected chi connectivity index (χ3v) is 4.95. The molecule has 0 aliphatic rings. The molecule has 1 amide bonds. The fraction of sp³-hybridized carbons (Fsp3) is 0.235. The van der Waals surface area contributed by atoms with Crippen LogP contribution in [0, 0.1) is 18.3 Å². The molecule has 0 N–H and O–H groups in total. The summed E-state index contributed by atoms with van der Waals surface area (Å²) < 4.78 is 1.81. The van der Waals surface area contributed by atoms with Gasteiger partial charge in [0.1, 0.15) is 4.83 Å². The smallest absolute Gasteiger partial charge is 0.264 e. The highest BCUT2D eigenvalue weighted by atomic mass is 32.1. The van der Waals surface area contributed by atoms with Crippen LogP contribution in [0.2, 0.25) is 0 Å². The van der Waals surface area contributed by atoms with Crippen molar-refractivity contribution in [2.75, 3.05) is 7.05 Å². The number of hydrogen-bond acceptors (Lipinski definition) is 4. The van der Waals surface area contributed by atoms with Crippen molar-refractivity contribution in [3.63, 3.8) is 0 Å². The fourth-order valence-electron chi connectivity index (χ4n) is 2.53. The molecule has 0 atom stereocenters. The molecule has 0 saturated heterocycles. The van der Waals surface area contributed by atoms with Crippen molar-refractivity contribution in [1.82, 2.24) is 14.7 Å². The van der Waals surface area contributed by atoms with Crippen LogP contribution in [0.4, 0.5) is 0 Å². The minimum atomic E-state index is -0.00467. The SMILES string of the molecule is Cc1nn(C)c2sc(C(=O)N(C)Cc3ccc(C#N)cc3)cc12. The van der Waals surface area contributed by atoms with Gasteiger partial charge in [-0.15, -0.1) is 11.3 Å². The maximum Gasteiger partial charge on any atom is 0.264 e. The summed E-state index contributed by atoms with van der Waals surface area (Å²) in [5.41, 5.74) is 2.56. The number of carbonyl (C=O) groups is 1. The highest BCUT2D eigenvalue weighted by Crippen LogP contribution is 2.28. The lowest BCUT2D eigenvalue weighted by Crippen LogP contribution is -2.25. The van der Waals surface area contributed by atoms with Crippen LogP contribution in [-0.2, 0) is 13.6 Å². The van der Waals surface area contributed by atoms with Crippen molar-refractivity contribution in [3.8, 4) is 6.07 Å². The van der Waals surface area contributed by atoms with E-state index >= 15 is 0 Å². The Morgan fingerprint density at radius 3 is 2.70 bits per heavy atom. The number of aryl methyl sites for hydroxylation is 2. The van der Waals surface area contributed by atoms with Crippen LogP contribution in [0.5, 0.6) is 0 Å². The molecular weight excluding hydrogens is 308 g/mol. The molecule has 3 rings (SSSR count). The number of thiophene rings is 1. The summed E-state index contributed by atoms with van der Waals surface area (Å²) in [6, 6.07) is 11.3. The van der Waals surface area contributed by atoms with Crippen molar-refractivity contribution in [2.45, 2.75) is 13.5 Å². The first-order chi connectivity index (χ1) is 11.0. The molecular formula is C17H16N4OS. The third kappa shape index (κ3) is 2.83. The number of rotatable bonds is 3. The van der Waals surface area contributed by atoms with Gasteiger partial charge < -0.3 is 4.90 Å². The minimum Gasteiger partial charge on any atom is -0.337 e. The van der Waals surface area contributed by atoms with Gasteiger partial charge in [-0.25, -0.2) is 0 Å². The third-order valence-electron chi connectivity index (χ3n) is 3.76. The van der Waals surface area contributed by atoms with E-state index in [1.807, 2.05) is 36.9 Å². The van der Waals surface area contributed by atoms with Gasteiger partial charge in [0.15, 0.2) is 0 Å². The summed E-state index contributed by atoms with van der Waals surface area (Å²) in [6.07, 6.45) is 0. The average molecular weight is 324 g/mol. The van der Waals surface area contributed by atoms with Crippen LogP contribution in [-0.4, -0.2) is 27.6 Å². The number of aromatic nitrogens is 2. The minimum absolute atomic E-state index is 0.00467. The summed E-state index contributed by atoms with van der Waals surface area (Å²) in [7, 11) is 3.68. The number of hydrogen-bond donors (Lipinski definition) is 0. The van der Waals surface area contributed by atoms with Crippen molar-refractivity contribution >= 4 is 27.5 Å². The lowest BCUT2D eigenvalue weighted by molar-refractivity contribution is 0.0790. The molecule has 3 aromatic rings. The first-order valence-corrected chi connectivity index (χ1v) is 7.99. The summed E-state index contributed by atoms with van der Waals surface area (Å²) in [4.78, 5) is 16.0. The number of fused-ring (bicyclic) bond motifs is 1. The van der Waals surface area contributed by atoms with Gasteiger partial charge in [0, 0.05) is 26.0 Å². The molecule has 0 unspecified atom stereocenters. The number of nitriles is 1. The zero-order valence-corrected chi connectivity index (χ0v) is 14.0. The van der Waals surface area contributed by atoms with Crippen molar-refractivity contribution in [3.05, 3.63) is 52.0 Å². The van der Waals surface area contributed by atoms with E-state index in [2.05, 4.69) is 11.2 Å². The Balaban J connectivity index is 1.80. The second-order valence-corrected chi connectivity index (χ2v) is 6.54. The highest BCUT2D eigenvalue weighted by Gasteiger charge is 2.18. The van der Waals surface area contributed by atoms with Crippen LogP contribution in [0.1, 0.15) is 26.5 Å². The molecule has 6 heteroatoms. The maximum atomic E-state index is 12.6. The molecule has 5 nitrogen and oxygen atoms in total. The van der Waals surface area contributed by atoms with Crippen LogP contribution in [0.15, 0.2) is 30.3 Å². The average Bonchev–Trinajstić information content (AvgIpc) is 3.09. The quantitative estimate of drug-likeness (QED) is 0.744. The number of amides is 1. The standard InChI is InChI=1S/C17H16N4OS/c1-11-14-8-15(23-17(14)21(3)19-11)16(22)20(2)10-13-6-4-12(9-18)5-7-13/h4-8H,10H2,1-3H3. The molecule has 0 aliphatic heterocycles. The molecule has 2 aromatic heterocycles. The Kier molecular flexibility index (Phi) is 3.89. The van der Waals surface area contributed by atoms with Crippen LogP contribution >= 0.6 is 11.3 Å². The van der Waals surface area contributed by atoms with Gasteiger partial charge in [0.25, 0.3) is 5.91 Å². The molecule has 1 aromatic carbocycles. The molecule has 2 heterocycles. The summed E-state index contributed by atoms with van der Waals surface area (Å²) in [5, 5.41) is 14.2. The van der Waals surface area contributed by atoms with Crippen LogP contribution in [0.3, 0.4) is 0 Å². The van der Waals surface area contributed by atoms with E-state index in [9.17, 15) is 4.79 Å². The van der Waals surface area contributed by atoms with Gasteiger partial charge in [0.2, 0.25) is 0 Å². The van der Waals surface area contributed by atoms with Gasteiger partial charge in [-0.05, 0) is 30.7 Å². The normalized spacial score (nSPS) is 10.7. The van der Waals surface area contributed by atoms with Crippen molar-refractivity contribution < 1.29 is 4.79 Å². The van der Waals surface area contributed by atoms with E-state index in [4.69, 9.17) is 5.26 Å². The summed E-state index contributed by atoms with van der Waals surface area (Å²) in [6.45, 7) is 2.46. The Hall–Kier alpha value is -2.65.